The Morgan fingerprint density at radius 1 is 1.43 bits per heavy atom. The van der Waals surface area contributed by atoms with Crippen LogP contribution in [0.15, 0.2) is 0 Å². The largest absolute Gasteiger partial charge is 0.465 e. The molecule has 0 aliphatic carbocycles. The molecule has 1 aliphatic rings. The van der Waals surface area contributed by atoms with Crippen molar-refractivity contribution in [2.75, 3.05) is 47.0 Å². The van der Waals surface area contributed by atoms with Gasteiger partial charge in [-0.2, -0.15) is 0 Å². The van der Waals surface area contributed by atoms with Crippen molar-refractivity contribution in [1.29, 1.82) is 0 Å². The summed E-state index contributed by atoms with van der Waals surface area (Å²) in [5.41, 5.74) is 0. The lowest BCUT2D eigenvalue weighted by Crippen LogP contribution is -2.49. The summed E-state index contributed by atoms with van der Waals surface area (Å²) in [5.74, 6) is -0.122. The van der Waals surface area contributed by atoms with Crippen molar-refractivity contribution in [1.82, 2.24) is 9.80 Å². The molecule has 1 saturated heterocycles. The molecule has 0 bridgehead atoms. The number of ether oxygens (including phenoxy) is 2. The summed E-state index contributed by atoms with van der Waals surface area (Å²) < 4.78 is 10.1. The first kappa shape index (κ1) is 17.9. The fraction of sp³-hybridized carbons (Fsp3) is 0.867. The van der Waals surface area contributed by atoms with Crippen molar-refractivity contribution in [3.05, 3.63) is 0 Å². The van der Waals surface area contributed by atoms with Gasteiger partial charge in [-0.05, 0) is 33.2 Å². The van der Waals surface area contributed by atoms with E-state index in [4.69, 9.17) is 9.47 Å². The van der Waals surface area contributed by atoms with Crippen LogP contribution in [0.1, 0.15) is 26.7 Å². The molecule has 122 valence electrons. The number of hydrogen-bond donors (Lipinski definition) is 0. The predicted molar refractivity (Wildman–Crippen MR) is 79.9 cm³/mol. The zero-order chi connectivity index (χ0) is 15.8. The first-order valence-corrected chi connectivity index (χ1v) is 7.65. The fourth-order valence-electron chi connectivity index (χ4n) is 2.62. The molecule has 0 aromatic carbocycles. The smallest absolute Gasteiger partial charge is 0.323 e. The molecule has 21 heavy (non-hydrogen) atoms. The molecule has 6 heteroatoms. The molecule has 1 rings (SSSR count). The van der Waals surface area contributed by atoms with Gasteiger partial charge in [0, 0.05) is 27.2 Å². The number of likely N-dealkylation sites (tertiary alicyclic amines) is 1. The van der Waals surface area contributed by atoms with E-state index in [9.17, 15) is 9.59 Å². The third-order valence-corrected chi connectivity index (χ3v) is 3.98. The van der Waals surface area contributed by atoms with Crippen molar-refractivity contribution in [3.8, 4) is 0 Å². The Labute approximate surface area is 127 Å². The minimum absolute atomic E-state index is 0.0440. The average molecular weight is 300 g/mol. The molecule has 0 saturated carbocycles. The van der Waals surface area contributed by atoms with E-state index in [-0.39, 0.29) is 23.8 Å². The summed E-state index contributed by atoms with van der Waals surface area (Å²) >= 11 is 0. The van der Waals surface area contributed by atoms with E-state index in [0.717, 1.165) is 19.4 Å². The summed E-state index contributed by atoms with van der Waals surface area (Å²) in [7, 11) is 3.43. The summed E-state index contributed by atoms with van der Waals surface area (Å²) in [6.07, 6.45) is 1.81. The van der Waals surface area contributed by atoms with E-state index in [0.29, 0.717) is 26.3 Å². The molecule has 0 aromatic heterocycles. The maximum atomic E-state index is 12.4. The van der Waals surface area contributed by atoms with Crippen LogP contribution in [-0.2, 0) is 19.1 Å². The monoisotopic (exact) mass is 300 g/mol. The number of hydrogen-bond acceptors (Lipinski definition) is 5. The lowest BCUT2D eigenvalue weighted by Gasteiger charge is -2.36. The molecule has 1 fully saturated rings. The first-order valence-electron chi connectivity index (χ1n) is 7.65. The Morgan fingerprint density at radius 2 is 2.14 bits per heavy atom. The highest BCUT2D eigenvalue weighted by molar-refractivity contribution is 5.79. The van der Waals surface area contributed by atoms with Gasteiger partial charge in [0.15, 0.2) is 0 Å². The minimum Gasteiger partial charge on any atom is -0.465 e. The normalized spacial score (nSPS) is 20.9. The van der Waals surface area contributed by atoms with Crippen molar-refractivity contribution < 1.29 is 19.1 Å². The van der Waals surface area contributed by atoms with E-state index in [2.05, 4.69) is 0 Å². The molecule has 0 spiro atoms. The summed E-state index contributed by atoms with van der Waals surface area (Å²) in [5, 5.41) is 0. The Bertz CT molecular complexity index is 349. The topological polar surface area (TPSA) is 59.1 Å². The van der Waals surface area contributed by atoms with Crippen LogP contribution >= 0.6 is 0 Å². The second-order valence-corrected chi connectivity index (χ2v) is 5.51. The van der Waals surface area contributed by atoms with Gasteiger partial charge in [0.1, 0.15) is 6.04 Å². The van der Waals surface area contributed by atoms with Gasteiger partial charge >= 0.3 is 5.97 Å². The van der Waals surface area contributed by atoms with Crippen LogP contribution in [0.2, 0.25) is 0 Å². The molecular weight excluding hydrogens is 272 g/mol. The summed E-state index contributed by atoms with van der Waals surface area (Å²) in [4.78, 5) is 28.0. The fourth-order valence-corrected chi connectivity index (χ4v) is 2.62. The maximum Gasteiger partial charge on any atom is 0.323 e. The number of piperidine rings is 1. The second kappa shape index (κ2) is 9.00. The minimum atomic E-state index is -0.287. The van der Waals surface area contributed by atoms with E-state index < -0.39 is 0 Å². The van der Waals surface area contributed by atoms with E-state index in [1.165, 1.54) is 0 Å². The molecule has 0 radical (unpaired) electrons. The van der Waals surface area contributed by atoms with Crippen LogP contribution in [0.25, 0.3) is 0 Å². The number of likely N-dealkylation sites (N-methyl/N-ethyl adjacent to an activating group) is 1. The molecule has 2 atom stereocenters. The number of amides is 1. The Balaban J connectivity index is 2.55. The van der Waals surface area contributed by atoms with Crippen LogP contribution in [0.3, 0.4) is 0 Å². The van der Waals surface area contributed by atoms with E-state index >= 15 is 0 Å². The second-order valence-electron chi connectivity index (χ2n) is 5.51. The first-order chi connectivity index (χ1) is 10.0. The zero-order valence-corrected chi connectivity index (χ0v) is 13.6. The van der Waals surface area contributed by atoms with Gasteiger partial charge in [-0.15, -0.1) is 0 Å². The number of carbonyl (C=O) groups excluding carboxylic acids is 2. The number of rotatable bonds is 7. The van der Waals surface area contributed by atoms with Gasteiger partial charge in [-0.1, -0.05) is 0 Å². The van der Waals surface area contributed by atoms with Crippen molar-refractivity contribution in [2.24, 2.45) is 5.92 Å². The van der Waals surface area contributed by atoms with Crippen molar-refractivity contribution in [3.63, 3.8) is 0 Å². The maximum absolute atomic E-state index is 12.4. The Morgan fingerprint density at radius 3 is 2.76 bits per heavy atom. The van der Waals surface area contributed by atoms with Crippen molar-refractivity contribution in [2.45, 2.75) is 32.7 Å². The van der Waals surface area contributed by atoms with Crippen LogP contribution in [0.5, 0.6) is 0 Å². The highest BCUT2D eigenvalue weighted by Gasteiger charge is 2.32. The number of methoxy groups -OCH3 is 1. The van der Waals surface area contributed by atoms with Gasteiger partial charge in [0.05, 0.1) is 19.1 Å². The lowest BCUT2D eigenvalue weighted by molar-refractivity contribution is -0.151. The molecule has 2 unspecified atom stereocenters. The molecule has 0 N–H and O–H groups in total. The van der Waals surface area contributed by atoms with Crippen LogP contribution < -0.4 is 0 Å². The standard InChI is InChI=1S/C15H28N2O4/c1-5-21-15(19)12(2)17-8-6-7-13(11-17)14(18)16(3)9-10-20-4/h12-13H,5-11H2,1-4H3. The molecule has 1 amide bonds. The van der Waals surface area contributed by atoms with Crippen LogP contribution in [-0.4, -0.2) is 74.7 Å². The Hall–Kier alpha value is -1.14. The highest BCUT2D eigenvalue weighted by atomic mass is 16.5. The third kappa shape index (κ3) is 5.28. The molecule has 0 aromatic rings. The van der Waals surface area contributed by atoms with Gasteiger partial charge in [0.25, 0.3) is 0 Å². The number of esters is 1. The SMILES string of the molecule is CCOC(=O)C(C)N1CCCC(C(=O)N(C)CCOC)C1. The molecule has 6 nitrogen and oxygen atoms in total. The molecular formula is C15H28N2O4. The summed E-state index contributed by atoms with van der Waals surface area (Å²) in [6, 6.07) is -0.287. The third-order valence-electron chi connectivity index (χ3n) is 3.98. The highest BCUT2D eigenvalue weighted by Crippen LogP contribution is 2.20. The lowest BCUT2D eigenvalue weighted by atomic mass is 9.95. The van der Waals surface area contributed by atoms with Crippen molar-refractivity contribution >= 4 is 11.9 Å². The quantitative estimate of drug-likeness (QED) is 0.650. The Kier molecular flexibility index (Phi) is 7.67. The van der Waals surface area contributed by atoms with Crippen LogP contribution in [0.4, 0.5) is 0 Å². The van der Waals surface area contributed by atoms with Crippen LogP contribution in [0, 0.1) is 5.92 Å². The number of carbonyl (C=O) groups is 2. The summed E-state index contributed by atoms with van der Waals surface area (Å²) in [6.45, 7) is 6.63. The molecule has 1 heterocycles. The van der Waals surface area contributed by atoms with Gasteiger partial charge in [0.2, 0.25) is 5.91 Å². The average Bonchev–Trinajstić information content (AvgIpc) is 2.51. The predicted octanol–water partition coefficient (Wildman–Crippen LogP) is 0.755. The van der Waals surface area contributed by atoms with Gasteiger partial charge in [-0.3, -0.25) is 14.5 Å². The van der Waals surface area contributed by atoms with E-state index in [1.807, 2.05) is 11.8 Å². The molecule has 1 aliphatic heterocycles. The van der Waals surface area contributed by atoms with E-state index in [1.54, 1.807) is 26.0 Å². The van der Waals surface area contributed by atoms with Gasteiger partial charge < -0.3 is 14.4 Å². The van der Waals surface area contributed by atoms with Gasteiger partial charge in [-0.25, -0.2) is 0 Å². The zero-order valence-electron chi connectivity index (χ0n) is 13.6. The number of nitrogens with zero attached hydrogens (tertiary/aromatic N) is 2.